The van der Waals surface area contributed by atoms with Crippen molar-refractivity contribution >= 4 is 0 Å². The number of nitrogens with two attached hydrogens (primary N) is 1. The minimum atomic E-state index is 0.0427. The smallest absolute Gasteiger partial charge is 0.0347 e. The maximum absolute atomic E-state index is 5.97. The van der Waals surface area contributed by atoms with Crippen LogP contribution in [0.1, 0.15) is 30.5 Å². The quantitative estimate of drug-likeness (QED) is 0.714. The molecule has 13 heavy (non-hydrogen) atoms. The molecule has 1 rings (SSSR count). The molecule has 1 atom stereocenters. The van der Waals surface area contributed by atoms with Gasteiger partial charge in [0.05, 0.1) is 0 Å². The molecule has 0 saturated carbocycles. The van der Waals surface area contributed by atoms with Crippen molar-refractivity contribution in [1.82, 2.24) is 4.98 Å². The van der Waals surface area contributed by atoms with E-state index in [4.69, 9.17) is 5.73 Å². The molecule has 1 unspecified atom stereocenters. The topological polar surface area (TPSA) is 38.9 Å². The molecule has 0 saturated heterocycles. The number of hydrogen-bond acceptors (Lipinski definition) is 2. The van der Waals surface area contributed by atoms with Crippen LogP contribution < -0.4 is 5.73 Å². The van der Waals surface area contributed by atoms with E-state index < -0.39 is 0 Å². The van der Waals surface area contributed by atoms with E-state index in [0.717, 1.165) is 18.4 Å². The second-order valence-corrected chi connectivity index (χ2v) is 3.06. The number of hydrogen-bond donors (Lipinski definition) is 1. The van der Waals surface area contributed by atoms with Gasteiger partial charge in [-0.05, 0) is 30.0 Å². The van der Waals surface area contributed by atoms with Gasteiger partial charge < -0.3 is 5.73 Å². The number of rotatable bonds is 4. The number of aryl methyl sites for hydroxylation is 1. The van der Waals surface area contributed by atoms with Crippen LogP contribution >= 0.6 is 0 Å². The normalized spacial score (nSPS) is 12.5. The molecule has 0 aliphatic heterocycles. The van der Waals surface area contributed by atoms with Gasteiger partial charge in [0, 0.05) is 18.4 Å². The first-order chi connectivity index (χ1) is 6.29. The number of pyridine rings is 1. The van der Waals surface area contributed by atoms with E-state index in [1.807, 2.05) is 24.5 Å². The highest BCUT2D eigenvalue weighted by Gasteiger charge is 2.07. The average molecular weight is 176 g/mol. The van der Waals surface area contributed by atoms with Gasteiger partial charge in [-0.2, -0.15) is 0 Å². The molecule has 0 amide bonds. The average Bonchev–Trinajstić information content (AvgIpc) is 2.18. The molecule has 1 aromatic rings. The van der Waals surface area contributed by atoms with Crippen molar-refractivity contribution < 1.29 is 0 Å². The predicted octanol–water partition coefficient (Wildman–Crippen LogP) is 2.22. The fourth-order valence-corrected chi connectivity index (χ4v) is 1.40. The molecule has 1 heterocycles. The van der Waals surface area contributed by atoms with E-state index in [2.05, 4.69) is 18.5 Å². The molecule has 0 spiro atoms. The van der Waals surface area contributed by atoms with Crippen LogP contribution in [0.2, 0.25) is 0 Å². The van der Waals surface area contributed by atoms with Crippen LogP contribution in [0.5, 0.6) is 0 Å². The molecule has 0 aliphatic carbocycles. The Morgan fingerprint density at radius 3 is 3.08 bits per heavy atom. The van der Waals surface area contributed by atoms with Crippen molar-refractivity contribution in [2.24, 2.45) is 5.73 Å². The molecule has 0 aliphatic rings. The Kier molecular flexibility index (Phi) is 3.65. The van der Waals surface area contributed by atoms with Gasteiger partial charge in [0.2, 0.25) is 0 Å². The van der Waals surface area contributed by atoms with Gasteiger partial charge in [-0.15, -0.1) is 6.58 Å². The summed E-state index contributed by atoms with van der Waals surface area (Å²) in [5.74, 6) is 0. The van der Waals surface area contributed by atoms with Crippen molar-refractivity contribution in [3.8, 4) is 0 Å². The van der Waals surface area contributed by atoms with Gasteiger partial charge in [-0.25, -0.2) is 0 Å². The molecule has 2 nitrogen and oxygen atoms in total. The lowest BCUT2D eigenvalue weighted by Crippen LogP contribution is -2.11. The molecular formula is C11H16N2. The van der Waals surface area contributed by atoms with E-state index in [9.17, 15) is 0 Å². The SMILES string of the molecule is C=CCC(N)c1cnccc1CC. The van der Waals surface area contributed by atoms with Crippen LogP contribution in [0.4, 0.5) is 0 Å². The summed E-state index contributed by atoms with van der Waals surface area (Å²) in [5.41, 5.74) is 8.40. The largest absolute Gasteiger partial charge is 0.324 e. The molecule has 1 aromatic heterocycles. The Balaban J connectivity index is 2.91. The van der Waals surface area contributed by atoms with Crippen molar-refractivity contribution in [1.29, 1.82) is 0 Å². The van der Waals surface area contributed by atoms with Crippen molar-refractivity contribution in [2.45, 2.75) is 25.8 Å². The van der Waals surface area contributed by atoms with Gasteiger partial charge in [0.25, 0.3) is 0 Å². The van der Waals surface area contributed by atoms with Gasteiger partial charge in [-0.3, -0.25) is 4.98 Å². The molecule has 0 radical (unpaired) electrons. The molecular weight excluding hydrogens is 160 g/mol. The van der Waals surface area contributed by atoms with Crippen LogP contribution in [0.15, 0.2) is 31.1 Å². The summed E-state index contributed by atoms with van der Waals surface area (Å²) in [6.07, 6.45) is 7.31. The lowest BCUT2D eigenvalue weighted by Gasteiger charge is -2.12. The van der Waals surface area contributed by atoms with E-state index >= 15 is 0 Å². The first-order valence-electron chi connectivity index (χ1n) is 4.58. The summed E-state index contributed by atoms with van der Waals surface area (Å²) < 4.78 is 0. The molecule has 2 heteroatoms. The lowest BCUT2D eigenvalue weighted by molar-refractivity contribution is 0.725. The van der Waals surface area contributed by atoms with Gasteiger partial charge in [-0.1, -0.05) is 13.0 Å². The number of aromatic nitrogens is 1. The van der Waals surface area contributed by atoms with Crippen LogP contribution in [0.3, 0.4) is 0 Å². The standard InChI is InChI=1S/C11H16N2/c1-3-5-11(12)10-8-13-7-6-9(10)4-2/h3,6-8,11H,1,4-5,12H2,2H3. The highest BCUT2D eigenvalue weighted by Crippen LogP contribution is 2.18. The zero-order chi connectivity index (χ0) is 9.68. The summed E-state index contributed by atoms with van der Waals surface area (Å²) in [6.45, 7) is 5.81. The summed E-state index contributed by atoms with van der Waals surface area (Å²) in [4.78, 5) is 4.08. The summed E-state index contributed by atoms with van der Waals surface area (Å²) in [5, 5.41) is 0. The van der Waals surface area contributed by atoms with Crippen LogP contribution in [0, 0.1) is 0 Å². The lowest BCUT2D eigenvalue weighted by atomic mass is 10.00. The third-order valence-electron chi connectivity index (χ3n) is 2.15. The fourth-order valence-electron chi connectivity index (χ4n) is 1.40. The Morgan fingerprint density at radius 2 is 2.46 bits per heavy atom. The zero-order valence-electron chi connectivity index (χ0n) is 8.03. The summed E-state index contributed by atoms with van der Waals surface area (Å²) in [7, 11) is 0. The molecule has 2 N–H and O–H groups in total. The predicted molar refractivity (Wildman–Crippen MR) is 55.4 cm³/mol. The maximum atomic E-state index is 5.97. The Morgan fingerprint density at radius 1 is 1.69 bits per heavy atom. The maximum Gasteiger partial charge on any atom is 0.0347 e. The monoisotopic (exact) mass is 176 g/mol. The molecule has 70 valence electrons. The Bertz CT molecular complexity index is 281. The van der Waals surface area contributed by atoms with E-state index in [-0.39, 0.29) is 6.04 Å². The van der Waals surface area contributed by atoms with Gasteiger partial charge in [0.1, 0.15) is 0 Å². The summed E-state index contributed by atoms with van der Waals surface area (Å²) in [6, 6.07) is 2.07. The van der Waals surface area contributed by atoms with E-state index in [1.54, 1.807) is 0 Å². The van der Waals surface area contributed by atoms with Crippen molar-refractivity contribution in [3.63, 3.8) is 0 Å². The van der Waals surface area contributed by atoms with E-state index in [1.165, 1.54) is 5.56 Å². The first-order valence-corrected chi connectivity index (χ1v) is 4.58. The molecule has 0 aromatic carbocycles. The summed E-state index contributed by atoms with van der Waals surface area (Å²) >= 11 is 0. The second kappa shape index (κ2) is 4.77. The van der Waals surface area contributed by atoms with Crippen LogP contribution in [-0.2, 0) is 6.42 Å². The third-order valence-corrected chi connectivity index (χ3v) is 2.15. The second-order valence-electron chi connectivity index (χ2n) is 3.06. The van der Waals surface area contributed by atoms with Crippen LogP contribution in [0.25, 0.3) is 0 Å². The van der Waals surface area contributed by atoms with Gasteiger partial charge in [0.15, 0.2) is 0 Å². The zero-order valence-corrected chi connectivity index (χ0v) is 8.03. The minimum Gasteiger partial charge on any atom is -0.324 e. The molecule has 0 fully saturated rings. The fraction of sp³-hybridized carbons (Fsp3) is 0.364. The first kappa shape index (κ1) is 9.93. The highest BCUT2D eigenvalue weighted by atomic mass is 14.7. The van der Waals surface area contributed by atoms with Crippen LogP contribution in [-0.4, -0.2) is 4.98 Å². The van der Waals surface area contributed by atoms with Crippen molar-refractivity contribution in [3.05, 3.63) is 42.2 Å². The van der Waals surface area contributed by atoms with Crippen molar-refractivity contribution in [2.75, 3.05) is 0 Å². The highest BCUT2D eigenvalue weighted by molar-refractivity contribution is 5.26. The third kappa shape index (κ3) is 2.39. The van der Waals surface area contributed by atoms with Gasteiger partial charge >= 0.3 is 0 Å². The Hall–Kier alpha value is -1.15. The number of nitrogens with zero attached hydrogens (tertiary/aromatic N) is 1. The molecule has 0 bridgehead atoms. The Labute approximate surface area is 79.5 Å². The van der Waals surface area contributed by atoms with E-state index in [0.29, 0.717) is 0 Å². The minimum absolute atomic E-state index is 0.0427.